The molecule has 0 unspecified atom stereocenters. The third kappa shape index (κ3) is 6.53. The second-order valence-electron chi connectivity index (χ2n) is 9.41. The lowest BCUT2D eigenvalue weighted by atomic mass is 9.95. The highest BCUT2D eigenvalue weighted by Crippen LogP contribution is 2.30. The Kier molecular flexibility index (Phi) is 8.84. The van der Waals surface area contributed by atoms with Gasteiger partial charge in [-0.15, -0.1) is 11.6 Å². The molecule has 0 bridgehead atoms. The molecule has 1 aliphatic rings. The number of piperidine rings is 1. The van der Waals surface area contributed by atoms with Crippen LogP contribution in [0.5, 0.6) is 0 Å². The molecule has 6 nitrogen and oxygen atoms in total. The van der Waals surface area contributed by atoms with Crippen molar-refractivity contribution < 1.29 is 14.0 Å². The number of anilines is 2. The number of nitrogens with one attached hydrogen (secondary N) is 1. The topological polar surface area (TPSA) is 65.8 Å². The lowest BCUT2D eigenvalue weighted by Gasteiger charge is -2.31. The Labute approximate surface area is 202 Å². The quantitative estimate of drug-likeness (QED) is 0.435. The molecule has 2 heterocycles. The van der Waals surface area contributed by atoms with Crippen molar-refractivity contribution in [2.45, 2.75) is 59.4 Å². The van der Waals surface area contributed by atoms with Gasteiger partial charge in [0.1, 0.15) is 5.76 Å². The van der Waals surface area contributed by atoms with Gasteiger partial charge >= 0.3 is 0 Å². The first kappa shape index (κ1) is 25.2. The number of carbonyl (C=O) groups is 2. The summed E-state index contributed by atoms with van der Waals surface area (Å²) >= 11 is 5.98. The van der Waals surface area contributed by atoms with Gasteiger partial charge in [-0.05, 0) is 69.9 Å². The molecule has 0 saturated carbocycles. The van der Waals surface area contributed by atoms with Crippen molar-refractivity contribution in [1.82, 2.24) is 4.90 Å². The maximum absolute atomic E-state index is 13.6. The SMILES string of the molecule is CCCCN(Cc1ccco1)c1ccc(NC(=O)C(C)(C)CCl)cc1C(=O)N1CCCCC1. The number of alkyl halides is 1. The lowest BCUT2D eigenvalue weighted by Crippen LogP contribution is -2.37. The molecule has 1 fully saturated rings. The number of unbranched alkanes of at least 4 members (excludes halogenated alkanes) is 1. The Morgan fingerprint density at radius 1 is 1.18 bits per heavy atom. The van der Waals surface area contributed by atoms with Crippen LogP contribution in [0.3, 0.4) is 0 Å². The maximum Gasteiger partial charge on any atom is 0.256 e. The normalized spacial score (nSPS) is 14.2. The summed E-state index contributed by atoms with van der Waals surface area (Å²) in [6, 6.07) is 9.46. The van der Waals surface area contributed by atoms with Gasteiger partial charge in [0.05, 0.1) is 29.5 Å². The first-order chi connectivity index (χ1) is 15.9. The molecule has 1 aromatic carbocycles. The summed E-state index contributed by atoms with van der Waals surface area (Å²) in [5, 5.41) is 2.96. The summed E-state index contributed by atoms with van der Waals surface area (Å²) in [7, 11) is 0. The van der Waals surface area contributed by atoms with Crippen LogP contribution in [0, 0.1) is 5.41 Å². The minimum Gasteiger partial charge on any atom is -0.467 e. The van der Waals surface area contributed by atoms with Crippen LogP contribution in [0.1, 0.15) is 69.0 Å². The summed E-state index contributed by atoms with van der Waals surface area (Å²) in [6.07, 6.45) is 6.92. The minimum atomic E-state index is -0.705. The molecule has 3 rings (SSSR count). The van der Waals surface area contributed by atoms with Gasteiger partial charge in [0.2, 0.25) is 5.91 Å². The summed E-state index contributed by atoms with van der Waals surface area (Å²) in [6.45, 7) is 8.68. The predicted molar refractivity (Wildman–Crippen MR) is 134 cm³/mol. The molecule has 1 N–H and O–H groups in total. The number of hydrogen-bond donors (Lipinski definition) is 1. The van der Waals surface area contributed by atoms with Crippen molar-refractivity contribution in [2.24, 2.45) is 5.41 Å². The number of nitrogens with zero attached hydrogens (tertiary/aromatic N) is 2. The van der Waals surface area contributed by atoms with E-state index in [1.165, 1.54) is 0 Å². The van der Waals surface area contributed by atoms with Crippen LogP contribution in [0.25, 0.3) is 0 Å². The highest BCUT2D eigenvalue weighted by molar-refractivity contribution is 6.20. The van der Waals surface area contributed by atoms with Gasteiger partial charge in [-0.1, -0.05) is 13.3 Å². The van der Waals surface area contributed by atoms with Gasteiger partial charge in [-0.3, -0.25) is 9.59 Å². The fourth-order valence-electron chi connectivity index (χ4n) is 3.91. The number of furan rings is 1. The third-order valence-corrected chi connectivity index (χ3v) is 6.79. The van der Waals surface area contributed by atoms with Crippen LogP contribution in [-0.4, -0.2) is 42.2 Å². The summed E-state index contributed by atoms with van der Waals surface area (Å²) in [5.74, 6) is 0.909. The number of carbonyl (C=O) groups excluding carboxylic acids is 2. The highest BCUT2D eigenvalue weighted by atomic mass is 35.5. The molecule has 2 aromatic rings. The van der Waals surface area contributed by atoms with Crippen LogP contribution in [0.4, 0.5) is 11.4 Å². The van der Waals surface area contributed by atoms with E-state index >= 15 is 0 Å². The van der Waals surface area contributed by atoms with Crippen molar-refractivity contribution in [1.29, 1.82) is 0 Å². The number of likely N-dealkylation sites (tertiary alicyclic amines) is 1. The molecule has 0 radical (unpaired) electrons. The zero-order chi connectivity index (χ0) is 23.8. The molecule has 0 atom stereocenters. The number of rotatable bonds is 10. The van der Waals surface area contributed by atoms with Crippen LogP contribution in [-0.2, 0) is 11.3 Å². The van der Waals surface area contributed by atoms with Gasteiger partial charge in [0, 0.05) is 31.2 Å². The highest BCUT2D eigenvalue weighted by Gasteiger charge is 2.28. The minimum absolute atomic E-state index is 0.0124. The summed E-state index contributed by atoms with van der Waals surface area (Å²) in [4.78, 5) is 30.5. The average Bonchev–Trinajstić information content (AvgIpc) is 3.35. The number of benzene rings is 1. The van der Waals surface area contributed by atoms with Crippen molar-refractivity contribution >= 4 is 34.8 Å². The van der Waals surface area contributed by atoms with E-state index in [0.717, 1.165) is 63.2 Å². The van der Waals surface area contributed by atoms with Crippen LogP contribution in [0.2, 0.25) is 0 Å². The molecule has 180 valence electrons. The second kappa shape index (κ2) is 11.6. The van der Waals surface area contributed by atoms with E-state index in [1.54, 1.807) is 20.1 Å². The van der Waals surface area contributed by atoms with E-state index < -0.39 is 5.41 Å². The van der Waals surface area contributed by atoms with Gasteiger partial charge < -0.3 is 19.5 Å². The Morgan fingerprint density at radius 3 is 2.58 bits per heavy atom. The molecular formula is C26H36ClN3O3. The molecule has 1 saturated heterocycles. The second-order valence-corrected chi connectivity index (χ2v) is 9.68. The van der Waals surface area contributed by atoms with Gasteiger partial charge in [-0.25, -0.2) is 0 Å². The Bertz CT molecular complexity index is 921. The Balaban J connectivity index is 1.97. The summed E-state index contributed by atoms with van der Waals surface area (Å²) in [5.41, 5.74) is 1.38. The van der Waals surface area contributed by atoms with Crippen molar-refractivity contribution in [3.8, 4) is 0 Å². The van der Waals surface area contributed by atoms with Crippen molar-refractivity contribution in [3.63, 3.8) is 0 Å². The molecule has 0 spiro atoms. The van der Waals surface area contributed by atoms with Crippen molar-refractivity contribution in [2.75, 3.05) is 35.7 Å². The number of halogens is 1. The predicted octanol–water partition coefficient (Wildman–Crippen LogP) is 5.92. The lowest BCUT2D eigenvalue weighted by molar-refractivity contribution is -0.122. The fourth-order valence-corrected chi connectivity index (χ4v) is 4.03. The van der Waals surface area contributed by atoms with Gasteiger partial charge in [0.25, 0.3) is 5.91 Å². The van der Waals surface area contributed by atoms with E-state index in [0.29, 0.717) is 17.8 Å². The molecule has 1 aromatic heterocycles. The molecule has 2 amide bonds. The van der Waals surface area contributed by atoms with E-state index in [9.17, 15) is 9.59 Å². The summed E-state index contributed by atoms with van der Waals surface area (Å²) < 4.78 is 5.60. The smallest absolute Gasteiger partial charge is 0.256 e. The van der Waals surface area contributed by atoms with Crippen molar-refractivity contribution in [3.05, 3.63) is 47.9 Å². The zero-order valence-electron chi connectivity index (χ0n) is 20.0. The Morgan fingerprint density at radius 2 is 1.94 bits per heavy atom. The maximum atomic E-state index is 13.6. The molecule has 0 aliphatic carbocycles. The van der Waals surface area contributed by atoms with E-state index in [2.05, 4.69) is 17.1 Å². The molecular weight excluding hydrogens is 438 g/mol. The molecule has 33 heavy (non-hydrogen) atoms. The average molecular weight is 474 g/mol. The first-order valence-electron chi connectivity index (χ1n) is 11.9. The van der Waals surface area contributed by atoms with Crippen LogP contribution >= 0.6 is 11.6 Å². The monoisotopic (exact) mass is 473 g/mol. The van der Waals surface area contributed by atoms with E-state index in [4.69, 9.17) is 16.0 Å². The number of hydrogen-bond acceptors (Lipinski definition) is 4. The van der Waals surface area contributed by atoms with E-state index in [1.807, 2.05) is 35.2 Å². The van der Waals surface area contributed by atoms with Crippen LogP contribution < -0.4 is 10.2 Å². The Hall–Kier alpha value is -2.47. The van der Waals surface area contributed by atoms with E-state index in [-0.39, 0.29) is 17.7 Å². The molecule has 7 heteroatoms. The fraction of sp³-hybridized carbons (Fsp3) is 0.538. The number of amides is 2. The standard InChI is InChI=1S/C26H36ClN3O3/c1-4-5-13-30(18-21-10-9-16-33-21)23-12-11-20(28-25(32)26(2,3)19-27)17-22(23)24(31)29-14-7-6-8-15-29/h9-12,16-17H,4-8,13-15,18-19H2,1-3H3,(H,28,32). The third-order valence-electron chi connectivity index (χ3n) is 6.13. The van der Waals surface area contributed by atoms with Crippen LogP contribution in [0.15, 0.2) is 41.0 Å². The zero-order valence-corrected chi connectivity index (χ0v) is 20.8. The van der Waals surface area contributed by atoms with Gasteiger partial charge in [-0.2, -0.15) is 0 Å². The molecule has 1 aliphatic heterocycles. The largest absolute Gasteiger partial charge is 0.467 e. The first-order valence-corrected chi connectivity index (χ1v) is 12.5. The van der Waals surface area contributed by atoms with Gasteiger partial charge in [0.15, 0.2) is 0 Å².